The monoisotopic (exact) mass is 563 g/mol. The van der Waals surface area contributed by atoms with Crippen LogP contribution in [-0.4, -0.2) is 21.0 Å². The molecule has 40 heavy (non-hydrogen) atoms. The van der Waals surface area contributed by atoms with Crippen LogP contribution in [0.15, 0.2) is 42.6 Å². The first-order valence-electron chi connectivity index (χ1n) is 16.4. The lowest BCUT2D eigenvalue weighted by molar-refractivity contribution is 0.0395. The predicted octanol–water partition coefficient (Wildman–Crippen LogP) is 10.3. The summed E-state index contributed by atoms with van der Waals surface area (Å²) in [5, 5.41) is 0. The van der Waals surface area contributed by atoms with Crippen LogP contribution in [0.5, 0.6) is 17.4 Å². The standard InChI is InChI=1S/C35H53NO3Si/c1-4-5-15-27(2)31(23-19-28(3)40-39-34-17-13-14-25-36-34)30-22-24-32-33(26-30)38-35(37-32)18-12-10-8-6-7-9-11-16-29-20-21-29/h13-14,17,22,24-29,31,35H,4-12,15-16,18-21,23H2,1-3H3. The van der Waals surface area contributed by atoms with E-state index in [0.29, 0.717) is 27.1 Å². The van der Waals surface area contributed by atoms with Crippen molar-refractivity contribution in [3.8, 4) is 17.4 Å². The summed E-state index contributed by atoms with van der Waals surface area (Å²) < 4.78 is 18.5. The maximum absolute atomic E-state index is 6.31. The quantitative estimate of drug-likeness (QED) is 0.112. The fourth-order valence-corrected chi connectivity index (χ4v) is 6.70. The molecule has 4 atom stereocenters. The molecule has 2 aromatic rings. The van der Waals surface area contributed by atoms with Gasteiger partial charge in [-0.25, -0.2) is 4.98 Å². The Morgan fingerprint density at radius 3 is 2.33 bits per heavy atom. The van der Waals surface area contributed by atoms with Gasteiger partial charge in [0.25, 0.3) is 0 Å². The SMILES string of the molecule is CCCCC(C)C(CCC(C)[Si]Oc1ccccn1)c1ccc2c(c1)OC(CCCCCCCCCC1CC1)O2. The van der Waals surface area contributed by atoms with Crippen LogP contribution in [0.1, 0.15) is 135 Å². The summed E-state index contributed by atoms with van der Waals surface area (Å²) in [7, 11) is 0.430. The molecule has 4 unspecified atom stereocenters. The summed E-state index contributed by atoms with van der Waals surface area (Å²) in [5.41, 5.74) is 1.90. The molecule has 2 aliphatic rings. The maximum atomic E-state index is 6.31. The summed E-state index contributed by atoms with van der Waals surface area (Å²) in [6, 6.07) is 12.6. The summed E-state index contributed by atoms with van der Waals surface area (Å²) >= 11 is 0. The van der Waals surface area contributed by atoms with Gasteiger partial charge in [-0.2, -0.15) is 0 Å². The smallest absolute Gasteiger partial charge is 0.316 e. The van der Waals surface area contributed by atoms with Crippen molar-refractivity contribution in [2.45, 2.75) is 141 Å². The number of fused-ring (bicyclic) bond motifs is 1. The number of nitrogens with zero attached hydrogens (tertiary/aromatic N) is 1. The largest absolute Gasteiger partial charge is 0.528 e. The van der Waals surface area contributed by atoms with E-state index >= 15 is 0 Å². The molecule has 1 fully saturated rings. The van der Waals surface area contributed by atoms with Gasteiger partial charge in [-0.3, -0.25) is 0 Å². The lowest BCUT2D eigenvalue weighted by Gasteiger charge is -2.26. The van der Waals surface area contributed by atoms with E-state index in [4.69, 9.17) is 13.9 Å². The molecule has 1 aliphatic carbocycles. The van der Waals surface area contributed by atoms with Crippen LogP contribution in [0.3, 0.4) is 0 Å². The molecule has 1 aliphatic heterocycles. The zero-order chi connectivity index (χ0) is 28.0. The molecule has 0 amide bonds. The van der Waals surface area contributed by atoms with Crippen LogP contribution < -0.4 is 13.9 Å². The lowest BCUT2D eigenvalue weighted by Crippen LogP contribution is -2.17. The molecular weight excluding hydrogens is 510 g/mol. The summed E-state index contributed by atoms with van der Waals surface area (Å²) in [5.74, 6) is 4.84. The molecule has 2 radical (unpaired) electrons. The Hall–Kier alpha value is -2.01. The van der Waals surface area contributed by atoms with Gasteiger partial charge in [-0.1, -0.05) is 110 Å². The van der Waals surface area contributed by atoms with Crippen molar-refractivity contribution in [1.82, 2.24) is 4.98 Å². The molecule has 0 N–H and O–H groups in total. The number of ether oxygens (including phenoxy) is 2. The highest BCUT2D eigenvalue weighted by Crippen LogP contribution is 2.42. The molecular formula is C35H53NO3Si. The van der Waals surface area contributed by atoms with E-state index in [-0.39, 0.29) is 6.29 Å². The third-order valence-corrected chi connectivity index (χ3v) is 9.79. The molecule has 220 valence electrons. The second kappa shape index (κ2) is 17.1. The molecule has 1 aromatic carbocycles. The zero-order valence-corrected chi connectivity index (χ0v) is 26.4. The minimum Gasteiger partial charge on any atom is -0.528 e. The minimum atomic E-state index is -0.121. The first kappa shape index (κ1) is 30.9. The lowest BCUT2D eigenvalue weighted by atomic mass is 9.81. The molecule has 0 saturated heterocycles. The Morgan fingerprint density at radius 1 is 0.850 bits per heavy atom. The van der Waals surface area contributed by atoms with Crippen LogP contribution >= 0.6 is 0 Å². The van der Waals surface area contributed by atoms with Crippen molar-refractivity contribution in [1.29, 1.82) is 0 Å². The van der Waals surface area contributed by atoms with E-state index in [1.807, 2.05) is 18.2 Å². The van der Waals surface area contributed by atoms with Crippen molar-refractivity contribution < 1.29 is 13.9 Å². The van der Waals surface area contributed by atoms with Crippen LogP contribution in [0, 0.1) is 11.8 Å². The summed E-state index contributed by atoms with van der Waals surface area (Å²) in [4.78, 5) is 4.30. The van der Waals surface area contributed by atoms with Crippen LogP contribution in [0.25, 0.3) is 0 Å². The minimum absolute atomic E-state index is 0.121. The van der Waals surface area contributed by atoms with E-state index in [2.05, 4.69) is 44.0 Å². The normalized spacial score (nSPS) is 18.4. The van der Waals surface area contributed by atoms with E-state index in [1.165, 1.54) is 89.0 Å². The Labute approximate surface area is 246 Å². The zero-order valence-electron chi connectivity index (χ0n) is 25.4. The van der Waals surface area contributed by atoms with Gasteiger partial charge >= 0.3 is 9.76 Å². The van der Waals surface area contributed by atoms with Crippen LogP contribution in [0.2, 0.25) is 5.54 Å². The number of hydrogen-bond acceptors (Lipinski definition) is 4. The molecule has 0 spiro atoms. The molecule has 1 saturated carbocycles. The highest BCUT2D eigenvalue weighted by Gasteiger charge is 2.27. The Kier molecular flexibility index (Phi) is 13.2. The first-order chi connectivity index (χ1) is 19.6. The van der Waals surface area contributed by atoms with E-state index < -0.39 is 0 Å². The highest BCUT2D eigenvalue weighted by molar-refractivity contribution is 6.30. The van der Waals surface area contributed by atoms with Crippen molar-refractivity contribution in [2.24, 2.45) is 11.8 Å². The topological polar surface area (TPSA) is 40.6 Å². The summed E-state index contributed by atoms with van der Waals surface area (Å²) in [6.45, 7) is 7.02. The molecule has 5 heteroatoms. The van der Waals surface area contributed by atoms with Crippen molar-refractivity contribution in [2.75, 3.05) is 0 Å². The molecule has 1 aromatic heterocycles. The van der Waals surface area contributed by atoms with Crippen molar-refractivity contribution in [3.05, 3.63) is 48.2 Å². The van der Waals surface area contributed by atoms with Gasteiger partial charge in [-0.05, 0) is 72.4 Å². The van der Waals surface area contributed by atoms with Gasteiger partial charge in [0.2, 0.25) is 6.29 Å². The third kappa shape index (κ3) is 10.8. The number of pyridine rings is 1. The van der Waals surface area contributed by atoms with Crippen molar-refractivity contribution in [3.63, 3.8) is 0 Å². The van der Waals surface area contributed by atoms with Crippen LogP contribution in [0.4, 0.5) is 0 Å². The van der Waals surface area contributed by atoms with E-state index in [9.17, 15) is 0 Å². The van der Waals surface area contributed by atoms with Gasteiger partial charge in [0.1, 0.15) is 0 Å². The Morgan fingerprint density at radius 2 is 1.60 bits per heavy atom. The van der Waals surface area contributed by atoms with Gasteiger partial charge in [0.15, 0.2) is 17.4 Å². The third-order valence-electron chi connectivity index (χ3n) is 8.77. The Balaban J connectivity index is 1.20. The molecule has 0 bridgehead atoms. The number of rotatable bonds is 21. The molecule has 4 rings (SSSR count). The number of aromatic nitrogens is 1. The maximum Gasteiger partial charge on any atom is 0.316 e. The van der Waals surface area contributed by atoms with E-state index in [0.717, 1.165) is 42.6 Å². The van der Waals surface area contributed by atoms with Gasteiger partial charge < -0.3 is 13.9 Å². The van der Waals surface area contributed by atoms with Crippen LogP contribution in [-0.2, 0) is 0 Å². The van der Waals surface area contributed by atoms with Gasteiger partial charge in [0, 0.05) is 12.6 Å². The summed E-state index contributed by atoms with van der Waals surface area (Å²) in [6.07, 6.45) is 22.7. The number of hydrogen-bond donors (Lipinski definition) is 0. The molecule has 2 heterocycles. The average Bonchev–Trinajstić information content (AvgIpc) is 3.71. The highest BCUT2D eigenvalue weighted by atomic mass is 28.2. The first-order valence-corrected chi connectivity index (χ1v) is 17.4. The van der Waals surface area contributed by atoms with Crippen molar-refractivity contribution >= 4 is 9.76 Å². The van der Waals surface area contributed by atoms with Gasteiger partial charge in [-0.15, -0.1) is 0 Å². The number of unbranched alkanes of at least 4 members (excludes halogenated alkanes) is 7. The Bertz CT molecular complexity index is 966. The van der Waals surface area contributed by atoms with E-state index in [1.54, 1.807) is 6.20 Å². The molecule has 4 nitrogen and oxygen atoms in total. The average molecular weight is 564 g/mol. The number of benzene rings is 1. The fourth-order valence-electron chi connectivity index (χ4n) is 5.97. The van der Waals surface area contributed by atoms with Gasteiger partial charge in [0.05, 0.1) is 0 Å². The second-order valence-electron chi connectivity index (χ2n) is 12.5. The second-order valence-corrected chi connectivity index (χ2v) is 13.9. The predicted molar refractivity (Wildman–Crippen MR) is 166 cm³/mol. The fraction of sp³-hybridized carbons (Fsp3) is 0.686.